The fourth-order valence-corrected chi connectivity index (χ4v) is 1.90. The zero-order valence-electron chi connectivity index (χ0n) is 9.05. The Labute approximate surface area is 90.1 Å². The van der Waals surface area contributed by atoms with Crippen molar-refractivity contribution < 1.29 is 9.69 Å². The molecule has 0 bridgehead atoms. The fourth-order valence-electron chi connectivity index (χ4n) is 1.90. The number of rotatable bonds is 2. The summed E-state index contributed by atoms with van der Waals surface area (Å²) in [6, 6.07) is 8.54. The number of hydrogen-bond donors (Lipinski definition) is 2. The molecule has 1 aliphatic heterocycles. The first-order valence-corrected chi connectivity index (χ1v) is 5.40. The van der Waals surface area contributed by atoms with Gasteiger partial charge in [0.05, 0.1) is 13.1 Å². The quantitative estimate of drug-likeness (QED) is 0.671. The number of carbonyl (C=O) groups excluding carboxylic acids is 1. The van der Waals surface area contributed by atoms with Gasteiger partial charge < -0.3 is 10.2 Å². The summed E-state index contributed by atoms with van der Waals surface area (Å²) in [5.41, 5.74) is 2.59. The smallest absolute Gasteiger partial charge is 0.275 e. The highest BCUT2D eigenvalue weighted by atomic mass is 16.2. The Hall–Kier alpha value is -1.35. The van der Waals surface area contributed by atoms with Gasteiger partial charge in [-0.3, -0.25) is 4.79 Å². The Bertz CT molecular complexity index is 345. The third kappa shape index (κ3) is 2.80. The maximum absolute atomic E-state index is 11.2. The van der Waals surface area contributed by atoms with Crippen molar-refractivity contribution in [1.29, 1.82) is 0 Å². The summed E-state index contributed by atoms with van der Waals surface area (Å²) in [5, 5.41) is 2.85. The number of amides is 1. The van der Waals surface area contributed by atoms with Gasteiger partial charge in [-0.1, -0.05) is 29.8 Å². The molecule has 0 aromatic heterocycles. The zero-order valence-corrected chi connectivity index (χ0v) is 9.05. The lowest BCUT2D eigenvalue weighted by atomic mass is 10.1. The summed E-state index contributed by atoms with van der Waals surface area (Å²) in [5.74, 6) is 0.170. The topological polar surface area (TPSA) is 33.5 Å². The molecule has 80 valence electrons. The average Bonchev–Trinajstić information content (AvgIpc) is 2.22. The third-order valence-corrected chi connectivity index (χ3v) is 2.79. The first-order valence-electron chi connectivity index (χ1n) is 5.40. The van der Waals surface area contributed by atoms with Crippen molar-refractivity contribution in [3.8, 4) is 0 Å². The summed E-state index contributed by atoms with van der Waals surface area (Å²) in [6.07, 6.45) is 0. The van der Waals surface area contributed by atoms with Crippen LogP contribution in [0.4, 0.5) is 0 Å². The van der Waals surface area contributed by atoms with E-state index in [9.17, 15) is 4.79 Å². The summed E-state index contributed by atoms with van der Waals surface area (Å²) in [7, 11) is 0. The van der Waals surface area contributed by atoms with Crippen molar-refractivity contribution in [3.05, 3.63) is 35.4 Å². The summed E-state index contributed by atoms with van der Waals surface area (Å²) >= 11 is 0. The van der Waals surface area contributed by atoms with E-state index < -0.39 is 0 Å². The number of carbonyl (C=O) groups is 1. The number of aryl methyl sites for hydroxylation is 1. The van der Waals surface area contributed by atoms with Gasteiger partial charge in [-0.05, 0) is 6.92 Å². The molecule has 3 heteroatoms. The van der Waals surface area contributed by atoms with Gasteiger partial charge in [0.2, 0.25) is 0 Å². The second-order valence-corrected chi connectivity index (χ2v) is 4.19. The average molecular weight is 205 g/mol. The Balaban J connectivity index is 1.96. The molecule has 0 saturated carbocycles. The Morgan fingerprint density at radius 2 is 2.07 bits per heavy atom. The van der Waals surface area contributed by atoms with E-state index >= 15 is 0 Å². The van der Waals surface area contributed by atoms with Gasteiger partial charge in [0, 0.05) is 5.56 Å². The zero-order chi connectivity index (χ0) is 10.7. The molecule has 1 fully saturated rings. The summed E-state index contributed by atoms with van der Waals surface area (Å²) in [4.78, 5) is 12.5. The monoisotopic (exact) mass is 205 g/mol. The summed E-state index contributed by atoms with van der Waals surface area (Å²) in [6.45, 7) is 5.48. The molecule has 1 atom stereocenters. The molecule has 1 aliphatic rings. The number of nitrogens with one attached hydrogen (secondary N) is 2. The highest BCUT2D eigenvalue weighted by Crippen LogP contribution is 2.01. The predicted octanol–water partition coefficient (Wildman–Crippen LogP) is -0.490. The molecule has 1 unspecified atom stereocenters. The second-order valence-electron chi connectivity index (χ2n) is 4.19. The van der Waals surface area contributed by atoms with Crippen LogP contribution in [0.1, 0.15) is 11.1 Å². The van der Waals surface area contributed by atoms with Crippen LogP contribution >= 0.6 is 0 Å². The molecule has 1 saturated heterocycles. The van der Waals surface area contributed by atoms with E-state index in [1.54, 1.807) is 0 Å². The van der Waals surface area contributed by atoms with Crippen molar-refractivity contribution in [2.75, 3.05) is 19.6 Å². The lowest BCUT2D eigenvalue weighted by molar-refractivity contribution is -0.907. The maximum Gasteiger partial charge on any atom is 0.275 e. The van der Waals surface area contributed by atoms with Crippen LogP contribution in [0.2, 0.25) is 0 Å². The van der Waals surface area contributed by atoms with E-state index in [1.807, 2.05) is 0 Å². The second kappa shape index (κ2) is 4.45. The number of hydrogen-bond acceptors (Lipinski definition) is 1. The standard InChI is InChI=1S/C12H16N2O/c1-10-2-4-11(5-3-10)8-14-7-6-13-12(15)9-14/h2-5H,6-9H2,1H3,(H,13,15)/p+1. The van der Waals surface area contributed by atoms with Crippen LogP contribution in [0.3, 0.4) is 0 Å². The number of benzene rings is 1. The predicted molar refractivity (Wildman–Crippen MR) is 58.6 cm³/mol. The molecule has 0 spiro atoms. The molecule has 1 aromatic carbocycles. The van der Waals surface area contributed by atoms with Crippen molar-refractivity contribution in [1.82, 2.24) is 5.32 Å². The van der Waals surface area contributed by atoms with Gasteiger partial charge in [-0.25, -0.2) is 0 Å². The maximum atomic E-state index is 11.2. The van der Waals surface area contributed by atoms with Gasteiger partial charge in [0.15, 0.2) is 6.54 Å². The van der Waals surface area contributed by atoms with Crippen molar-refractivity contribution in [3.63, 3.8) is 0 Å². The van der Waals surface area contributed by atoms with E-state index in [0.717, 1.165) is 19.6 Å². The molecular formula is C12H17N2O+. The molecule has 0 aliphatic carbocycles. The van der Waals surface area contributed by atoms with Crippen LogP contribution in [-0.4, -0.2) is 25.5 Å². The molecule has 1 aromatic rings. The van der Waals surface area contributed by atoms with Gasteiger partial charge in [-0.15, -0.1) is 0 Å². The largest absolute Gasteiger partial charge is 0.346 e. The first-order chi connectivity index (χ1) is 7.24. The van der Waals surface area contributed by atoms with E-state index in [4.69, 9.17) is 0 Å². The van der Waals surface area contributed by atoms with Gasteiger partial charge in [0.1, 0.15) is 6.54 Å². The molecule has 3 nitrogen and oxygen atoms in total. The molecular weight excluding hydrogens is 188 g/mol. The Morgan fingerprint density at radius 3 is 2.73 bits per heavy atom. The third-order valence-electron chi connectivity index (χ3n) is 2.79. The molecule has 1 heterocycles. The fraction of sp³-hybridized carbons (Fsp3) is 0.417. The van der Waals surface area contributed by atoms with Gasteiger partial charge in [0.25, 0.3) is 5.91 Å². The van der Waals surface area contributed by atoms with Crippen molar-refractivity contribution in [2.24, 2.45) is 0 Å². The van der Waals surface area contributed by atoms with E-state index in [2.05, 4.69) is 36.5 Å². The Kier molecular flexibility index (Phi) is 3.02. The lowest BCUT2D eigenvalue weighted by Crippen LogP contribution is -3.14. The van der Waals surface area contributed by atoms with Crippen LogP contribution in [-0.2, 0) is 11.3 Å². The van der Waals surface area contributed by atoms with Crippen molar-refractivity contribution >= 4 is 5.91 Å². The van der Waals surface area contributed by atoms with Crippen LogP contribution in [0, 0.1) is 6.92 Å². The van der Waals surface area contributed by atoms with Crippen molar-refractivity contribution in [2.45, 2.75) is 13.5 Å². The molecule has 2 N–H and O–H groups in total. The van der Waals surface area contributed by atoms with E-state index in [-0.39, 0.29) is 5.91 Å². The van der Waals surface area contributed by atoms with Crippen LogP contribution in [0.15, 0.2) is 24.3 Å². The van der Waals surface area contributed by atoms with Crippen LogP contribution < -0.4 is 10.2 Å². The van der Waals surface area contributed by atoms with Gasteiger partial charge in [-0.2, -0.15) is 0 Å². The molecule has 0 radical (unpaired) electrons. The van der Waals surface area contributed by atoms with Gasteiger partial charge >= 0.3 is 0 Å². The summed E-state index contributed by atoms with van der Waals surface area (Å²) < 4.78 is 0. The SMILES string of the molecule is Cc1ccc(C[NH+]2CCNC(=O)C2)cc1. The minimum Gasteiger partial charge on any atom is -0.346 e. The minimum absolute atomic E-state index is 0.170. The number of quaternary nitrogens is 1. The minimum atomic E-state index is 0.170. The van der Waals surface area contributed by atoms with Crippen LogP contribution in [0.5, 0.6) is 0 Å². The molecule has 15 heavy (non-hydrogen) atoms. The number of piperazine rings is 1. The lowest BCUT2D eigenvalue weighted by Gasteiger charge is -2.23. The highest BCUT2D eigenvalue weighted by molar-refractivity contribution is 5.77. The van der Waals surface area contributed by atoms with E-state index in [1.165, 1.54) is 16.0 Å². The molecule has 2 rings (SSSR count). The molecule has 1 amide bonds. The van der Waals surface area contributed by atoms with Crippen LogP contribution in [0.25, 0.3) is 0 Å². The highest BCUT2D eigenvalue weighted by Gasteiger charge is 2.19. The van der Waals surface area contributed by atoms with E-state index in [0.29, 0.717) is 6.54 Å². The first kappa shape index (κ1) is 10.2. The normalized spacial score (nSPS) is 21.1. The Morgan fingerprint density at radius 1 is 1.33 bits per heavy atom.